The molecule has 0 spiro atoms. The SMILES string of the molecule is CCCCN1CCC(NCc2ccc(C)c(F)c2)CC1. The highest BCUT2D eigenvalue weighted by Gasteiger charge is 2.18. The van der Waals surface area contributed by atoms with Gasteiger partial charge in [0.1, 0.15) is 5.82 Å². The summed E-state index contributed by atoms with van der Waals surface area (Å²) in [5.74, 6) is -0.0984. The fourth-order valence-electron chi connectivity index (χ4n) is 2.75. The zero-order chi connectivity index (χ0) is 14.4. The Balaban J connectivity index is 1.71. The second kappa shape index (κ2) is 7.75. The molecule has 2 nitrogen and oxygen atoms in total. The van der Waals surface area contributed by atoms with Crippen molar-refractivity contribution in [2.75, 3.05) is 19.6 Å². The molecule has 0 radical (unpaired) electrons. The summed E-state index contributed by atoms with van der Waals surface area (Å²) >= 11 is 0. The fourth-order valence-corrected chi connectivity index (χ4v) is 2.75. The third kappa shape index (κ3) is 4.57. The summed E-state index contributed by atoms with van der Waals surface area (Å²) in [6, 6.07) is 6.11. The molecule has 0 aromatic heterocycles. The average Bonchev–Trinajstić information content (AvgIpc) is 2.47. The highest BCUT2D eigenvalue weighted by molar-refractivity contribution is 5.23. The maximum atomic E-state index is 13.5. The first kappa shape index (κ1) is 15.5. The molecule has 1 aliphatic rings. The molecule has 0 unspecified atom stereocenters. The Morgan fingerprint density at radius 2 is 2.05 bits per heavy atom. The van der Waals surface area contributed by atoms with Gasteiger partial charge in [-0.05, 0) is 63.0 Å². The minimum atomic E-state index is -0.0984. The summed E-state index contributed by atoms with van der Waals surface area (Å²) < 4.78 is 13.5. The molecule has 3 heteroatoms. The van der Waals surface area contributed by atoms with Gasteiger partial charge < -0.3 is 10.2 Å². The van der Waals surface area contributed by atoms with E-state index in [0.717, 1.165) is 17.7 Å². The number of nitrogens with one attached hydrogen (secondary N) is 1. The third-order valence-electron chi connectivity index (χ3n) is 4.25. The standard InChI is InChI=1S/C17H27FN2/c1-3-4-9-20-10-7-16(8-11-20)19-13-15-6-5-14(2)17(18)12-15/h5-6,12,16,19H,3-4,7-11,13H2,1-2H3. The van der Waals surface area contributed by atoms with E-state index in [-0.39, 0.29) is 5.82 Å². The largest absolute Gasteiger partial charge is 0.310 e. The van der Waals surface area contributed by atoms with Gasteiger partial charge in [0.25, 0.3) is 0 Å². The topological polar surface area (TPSA) is 15.3 Å². The summed E-state index contributed by atoms with van der Waals surface area (Å²) in [5.41, 5.74) is 1.76. The van der Waals surface area contributed by atoms with E-state index in [1.807, 2.05) is 12.1 Å². The molecular weight excluding hydrogens is 251 g/mol. The quantitative estimate of drug-likeness (QED) is 0.857. The Morgan fingerprint density at radius 1 is 1.30 bits per heavy atom. The summed E-state index contributed by atoms with van der Waals surface area (Å²) in [5, 5.41) is 3.57. The number of unbranched alkanes of at least 4 members (excludes halogenated alkanes) is 1. The van der Waals surface area contributed by atoms with Crippen LogP contribution < -0.4 is 5.32 Å². The van der Waals surface area contributed by atoms with Crippen LogP contribution >= 0.6 is 0 Å². The van der Waals surface area contributed by atoms with Crippen LogP contribution in [0.2, 0.25) is 0 Å². The van der Waals surface area contributed by atoms with Gasteiger partial charge in [-0.2, -0.15) is 0 Å². The number of nitrogens with zero attached hydrogens (tertiary/aromatic N) is 1. The number of rotatable bonds is 6. The van der Waals surface area contributed by atoms with Gasteiger partial charge in [0.15, 0.2) is 0 Å². The molecule has 20 heavy (non-hydrogen) atoms. The van der Waals surface area contributed by atoms with Crippen molar-refractivity contribution in [1.82, 2.24) is 10.2 Å². The van der Waals surface area contributed by atoms with Crippen LogP contribution in [0.3, 0.4) is 0 Å². The second-order valence-corrected chi connectivity index (χ2v) is 5.93. The number of piperidine rings is 1. The first-order valence-corrected chi connectivity index (χ1v) is 7.90. The molecule has 0 atom stereocenters. The first-order chi connectivity index (χ1) is 9.69. The lowest BCUT2D eigenvalue weighted by molar-refractivity contribution is 0.195. The van der Waals surface area contributed by atoms with Gasteiger partial charge in [-0.1, -0.05) is 25.5 Å². The number of hydrogen-bond donors (Lipinski definition) is 1. The van der Waals surface area contributed by atoms with E-state index >= 15 is 0 Å². The first-order valence-electron chi connectivity index (χ1n) is 7.90. The van der Waals surface area contributed by atoms with E-state index in [9.17, 15) is 4.39 Å². The molecule has 0 saturated carbocycles. The van der Waals surface area contributed by atoms with Crippen molar-refractivity contribution in [3.8, 4) is 0 Å². The van der Waals surface area contributed by atoms with Gasteiger partial charge in [-0.15, -0.1) is 0 Å². The lowest BCUT2D eigenvalue weighted by Gasteiger charge is -2.32. The number of likely N-dealkylation sites (tertiary alicyclic amines) is 1. The molecule has 112 valence electrons. The Hall–Kier alpha value is -0.930. The highest BCUT2D eigenvalue weighted by atomic mass is 19.1. The Labute approximate surface area is 122 Å². The molecular formula is C17H27FN2. The molecule has 0 amide bonds. The Kier molecular flexibility index (Phi) is 5.99. The van der Waals surface area contributed by atoms with Crippen LogP contribution in [-0.4, -0.2) is 30.6 Å². The summed E-state index contributed by atoms with van der Waals surface area (Å²) in [7, 11) is 0. The lowest BCUT2D eigenvalue weighted by atomic mass is 10.0. The van der Waals surface area contributed by atoms with E-state index in [1.54, 1.807) is 13.0 Å². The Morgan fingerprint density at radius 3 is 2.70 bits per heavy atom. The molecule has 1 saturated heterocycles. The van der Waals surface area contributed by atoms with Crippen molar-refractivity contribution in [1.29, 1.82) is 0 Å². The average molecular weight is 278 g/mol. The third-order valence-corrected chi connectivity index (χ3v) is 4.25. The van der Waals surface area contributed by atoms with Crippen molar-refractivity contribution in [3.63, 3.8) is 0 Å². The smallest absolute Gasteiger partial charge is 0.126 e. The van der Waals surface area contributed by atoms with Crippen LogP contribution in [0.5, 0.6) is 0 Å². The minimum Gasteiger partial charge on any atom is -0.310 e. The molecule has 0 bridgehead atoms. The molecule has 1 aliphatic heterocycles. The fraction of sp³-hybridized carbons (Fsp3) is 0.647. The predicted octanol–water partition coefficient (Wildman–Crippen LogP) is 3.49. The summed E-state index contributed by atoms with van der Waals surface area (Å²) in [6.07, 6.45) is 4.99. The molecule has 1 heterocycles. The number of aryl methyl sites for hydroxylation is 1. The number of halogens is 1. The highest BCUT2D eigenvalue weighted by Crippen LogP contribution is 2.13. The predicted molar refractivity (Wildman–Crippen MR) is 82.3 cm³/mol. The van der Waals surface area contributed by atoms with Crippen LogP contribution in [0.1, 0.15) is 43.7 Å². The van der Waals surface area contributed by atoms with Crippen molar-refractivity contribution < 1.29 is 4.39 Å². The van der Waals surface area contributed by atoms with Gasteiger partial charge in [0.05, 0.1) is 0 Å². The van der Waals surface area contributed by atoms with E-state index in [2.05, 4.69) is 17.1 Å². The summed E-state index contributed by atoms with van der Waals surface area (Å²) in [6.45, 7) is 8.46. The zero-order valence-corrected chi connectivity index (χ0v) is 12.8. The van der Waals surface area contributed by atoms with E-state index in [1.165, 1.54) is 45.3 Å². The maximum Gasteiger partial charge on any atom is 0.126 e. The van der Waals surface area contributed by atoms with E-state index in [4.69, 9.17) is 0 Å². The summed E-state index contributed by atoms with van der Waals surface area (Å²) in [4.78, 5) is 2.56. The number of hydrogen-bond acceptors (Lipinski definition) is 2. The number of benzene rings is 1. The van der Waals surface area contributed by atoms with Crippen LogP contribution in [0.15, 0.2) is 18.2 Å². The van der Waals surface area contributed by atoms with E-state index < -0.39 is 0 Å². The minimum absolute atomic E-state index is 0.0984. The van der Waals surface area contributed by atoms with Crippen molar-refractivity contribution >= 4 is 0 Å². The van der Waals surface area contributed by atoms with Crippen LogP contribution in [0.25, 0.3) is 0 Å². The van der Waals surface area contributed by atoms with Crippen molar-refractivity contribution in [3.05, 3.63) is 35.1 Å². The van der Waals surface area contributed by atoms with Gasteiger partial charge >= 0.3 is 0 Å². The van der Waals surface area contributed by atoms with Crippen LogP contribution in [-0.2, 0) is 6.54 Å². The van der Waals surface area contributed by atoms with Gasteiger partial charge in [0.2, 0.25) is 0 Å². The molecule has 1 N–H and O–H groups in total. The second-order valence-electron chi connectivity index (χ2n) is 5.93. The normalized spacial score (nSPS) is 17.6. The van der Waals surface area contributed by atoms with Crippen LogP contribution in [0, 0.1) is 12.7 Å². The zero-order valence-electron chi connectivity index (χ0n) is 12.8. The van der Waals surface area contributed by atoms with E-state index in [0.29, 0.717) is 6.04 Å². The van der Waals surface area contributed by atoms with Crippen molar-refractivity contribution in [2.24, 2.45) is 0 Å². The molecule has 1 aromatic carbocycles. The van der Waals surface area contributed by atoms with Crippen LogP contribution in [0.4, 0.5) is 4.39 Å². The molecule has 2 rings (SSSR count). The monoisotopic (exact) mass is 278 g/mol. The van der Waals surface area contributed by atoms with Gasteiger partial charge in [0, 0.05) is 12.6 Å². The van der Waals surface area contributed by atoms with Gasteiger partial charge in [-0.3, -0.25) is 0 Å². The van der Waals surface area contributed by atoms with Crippen molar-refractivity contribution in [2.45, 2.75) is 52.1 Å². The maximum absolute atomic E-state index is 13.5. The molecule has 0 aliphatic carbocycles. The molecule has 1 fully saturated rings. The Bertz CT molecular complexity index is 411. The molecule has 1 aromatic rings. The van der Waals surface area contributed by atoms with Gasteiger partial charge in [-0.25, -0.2) is 4.39 Å². The lowest BCUT2D eigenvalue weighted by Crippen LogP contribution is -2.42.